The second-order valence-electron chi connectivity index (χ2n) is 5.62. The van der Waals surface area contributed by atoms with Crippen molar-refractivity contribution < 1.29 is 14.3 Å². The first-order valence-electron chi connectivity index (χ1n) is 8.15. The Kier molecular flexibility index (Phi) is 9.29. The van der Waals surface area contributed by atoms with Crippen molar-refractivity contribution >= 4 is 11.8 Å². The van der Waals surface area contributed by atoms with Crippen LogP contribution in [-0.2, 0) is 14.3 Å². The van der Waals surface area contributed by atoms with Crippen LogP contribution in [0.1, 0.15) is 71.1 Å². The van der Waals surface area contributed by atoms with E-state index in [4.69, 9.17) is 4.74 Å². The van der Waals surface area contributed by atoms with Gasteiger partial charge < -0.3 is 10.1 Å². The van der Waals surface area contributed by atoms with E-state index in [9.17, 15) is 9.59 Å². The number of ether oxygens (including phenoxy) is 1. The lowest BCUT2D eigenvalue weighted by Crippen LogP contribution is -2.34. The summed E-state index contributed by atoms with van der Waals surface area (Å²) in [5.41, 5.74) is 0. The summed E-state index contributed by atoms with van der Waals surface area (Å²) in [5.74, 6) is 0.127. The number of cyclic esters (lactones) is 1. The average molecular weight is 283 g/mol. The second-order valence-corrected chi connectivity index (χ2v) is 5.62. The molecule has 4 heteroatoms. The van der Waals surface area contributed by atoms with Crippen molar-refractivity contribution in [1.29, 1.82) is 0 Å². The van der Waals surface area contributed by atoms with E-state index in [1.807, 2.05) is 0 Å². The monoisotopic (exact) mass is 283 g/mol. The molecule has 0 radical (unpaired) electrons. The maximum atomic E-state index is 11.7. The summed E-state index contributed by atoms with van der Waals surface area (Å²) in [6.07, 6.45) is 10.6. The molecule has 0 saturated carbocycles. The Morgan fingerprint density at radius 2 is 1.85 bits per heavy atom. The molecule has 1 atom stereocenters. The molecule has 4 nitrogen and oxygen atoms in total. The molecule has 0 spiro atoms. The van der Waals surface area contributed by atoms with Crippen molar-refractivity contribution in [3.63, 3.8) is 0 Å². The molecule has 0 unspecified atom stereocenters. The van der Waals surface area contributed by atoms with E-state index < -0.39 is 0 Å². The molecule has 1 saturated heterocycles. The molecule has 1 fully saturated rings. The number of esters is 1. The predicted octanol–water partition coefficient (Wildman–Crippen LogP) is 2.99. The first-order chi connectivity index (χ1) is 9.74. The van der Waals surface area contributed by atoms with Crippen LogP contribution < -0.4 is 5.32 Å². The van der Waals surface area contributed by atoms with Gasteiger partial charge in [0.05, 0.1) is 6.61 Å². The molecule has 1 aliphatic heterocycles. The fraction of sp³-hybridized carbons (Fsp3) is 0.875. The van der Waals surface area contributed by atoms with E-state index in [0.717, 1.165) is 19.3 Å². The minimum atomic E-state index is -0.193. The summed E-state index contributed by atoms with van der Waals surface area (Å²) in [6.45, 7) is 3.32. The highest BCUT2D eigenvalue weighted by molar-refractivity contribution is 5.79. The summed E-state index contributed by atoms with van der Waals surface area (Å²) in [7, 11) is 0. The van der Waals surface area contributed by atoms with Gasteiger partial charge in [0.25, 0.3) is 0 Å². The minimum absolute atomic E-state index is 0.176. The maximum absolute atomic E-state index is 11.7. The number of hydrogen-bond donors (Lipinski definition) is 1. The van der Waals surface area contributed by atoms with E-state index >= 15 is 0 Å². The molecule has 0 amide bonds. The van der Waals surface area contributed by atoms with Gasteiger partial charge in [-0.25, -0.2) is 0 Å². The largest absolute Gasteiger partial charge is 0.464 e. The Labute approximate surface area is 122 Å². The average Bonchev–Trinajstić information content (AvgIpc) is 2.83. The van der Waals surface area contributed by atoms with Gasteiger partial charge in [0.1, 0.15) is 11.8 Å². The third-order valence-electron chi connectivity index (χ3n) is 3.79. The molecule has 116 valence electrons. The van der Waals surface area contributed by atoms with Gasteiger partial charge in [0, 0.05) is 25.8 Å². The predicted molar refractivity (Wildman–Crippen MR) is 79.6 cm³/mol. The summed E-state index contributed by atoms with van der Waals surface area (Å²) < 4.78 is 4.86. The maximum Gasteiger partial charge on any atom is 0.323 e. The smallest absolute Gasteiger partial charge is 0.323 e. The summed E-state index contributed by atoms with van der Waals surface area (Å²) in [4.78, 5) is 22.9. The van der Waals surface area contributed by atoms with Crippen molar-refractivity contribution in [2.75, 3.05) is 13.2 Å². The second kappa shape index (κ2) is 10.8. The highest BCUT2D eigenvalue weighted by Crippen LogP contribution is 2.09. The topological polar surface area (TPSA) is 55.4 Å². The van der Waals surface area contributed by atoms with E-state index in [2.05, 4.69) is 12.2 Å². The van der Waals surface area contributed by atoms with Gasteiger partial charge in [-0.05, 0) is 6.42 Å². The molecular weight excluding hydrogens is 254 g/mol. The molecule has 1 aliphatic rings. The van der Waals surface area contributed by atoms with Crippen LogP contribution >= 0.6 is 0 Å². The van der Waals surface area contributed by atoms with Crippen LogP contribution in [0.25, 0.3) is 0 Å². The van der Waals surface area contributed by atoms with Gasteiger partial charge in [-0.2, -0.15) is 0 Å². The van der Waals surface area contributed by atoms with E-state index in [0.29, 0.717) is 31.8 Å². The van der Waals surface area contributed by atoms with Gasteiger partial charge >= 0.3 is 5.97 Å². The molecule has 1 rings (SSSR count). The van der Waals surface area contributed by atoms with Gasteiger partial charge in [-0.15, -0.1) is 0 Å². The van der Waals surface area contributed by atoms with Crippen molar-refractivity contribution in [2.24, 2.45) is 0 Å². The molecular formula is C16H29NO3. The molecule has 0 aromatic heterocycles. The molecule has 0 aromatic carbocycles. The molecule has 1 N–H and O–H groups in total. The number of carbonyl (C=O) groups is 2. The molecule has 0 bridgehead atoms. The number of unbranched alkanes of at least 4 members (excludes halogenated alkanes) is 6. The number of nitrogens with one attached hydrogen (secondary N) is 1. The van der Waals surface area contributed by atoms with Crippen LogP contribution in [0, 0.1) is 0 Å². The first kappa shape index (κ1) is 17.2. The summed E-state index contributed by atoms with van der Waals surface area (Å²) >= 11 is 0. The molecule has 20 heavy (non-hydrogen) atoms. The van der Waals surface area contributed by atoms with Crippen LogP contribution in [0.2, 0.25) is 0 Å². The van der Waals surface area contributed by atoms with Crippen molar-refractivity contribution in [3.8, 4) is 0 Å². The van der Waals surface area contributed by atoms with Gasteiger partial charge in [0.15, 0.2) is 0 Å². The van der Waals surface area contributed by atoms with Crippen molar-refractivity contribution in [2.45, 2.75) is 77.2 Å². The first-order valence-corrected chi connectivity index (χ1v) is 8.15. The Morgan fingerprint density at radius 1 is 1.15 bits per heavy atom. The molecule has 0 aromatic rings. The Morgan fingerprint density at radius 3 is 2.50 bits per heavy atom. The lowest BCUT2D eigenvalue weighted by Gasteiger charge is -2.07. The zero-order valence-corrected chi connectivity index (χ0v) is 12.8. The van der Waals surface area contributed by atoms with Crippen LogP contribution in [0.15, 0.2) is 0 Å². The zero-order chi connectivity index (χ0) is 14.6. The van der Waals surface area contributed by atoms with Crippen molar-refractivity contribution in [1.82, 2.24) is 5.32 Å². The standard InChI is InChI=1S/C16H29NO3/c1-2-3-4-5-6-7-8-9-14(18)10-12-17-15-11-13-20-16(15)19/h15,17H,2-13H2,1H3/t15-/m0/s1. The van der Waals surface area contributed by atoms with E-state index in [-0.39, 0.29) is 12.0 Å². The normalized spacial score (nSPS) is 18.2. The lowest BCUT2D eigenvalue weighted by atomic mass is 10.1. The van der Waals surface area contributed by atoms with E-state index in [1.54, 1.807) is 0 Å². The number of ketones is 1. The Bertz CT molecular complexity index is 291. The fourth-order valence-corrected chi connectivity index (χ4v) is 2.47. The molecule has 0 aliphatic carbocycles. The fourth-order valence-electron chi connectivity index (χ4n) is 2.47. The number of Topliss-reactive ketones (excluding diaryl/α,β-unsaturated/α-hetero) is 1. The third-order valence-corrected chi connectivity index (χ3v) is 3.79. The lowest BCUT2D eigenvalue weighted by molar-refractivity contribution is -0.139. The Hall–Kier alpha value is -0.900. The zero-order valence-electron chi connectivity index (χ0n) is 12.8. The van der Waals surface area contributed by atoms with Gasteiger partial charge in [-0.3, -0.25) is 9.59 Å². The quantitative estimate of drug-likeness (QED) is 0.442. The number of carbonyl (C=O) groups excluding carboxylic acids is 2. The van der Waals surface area contributed by atoms with Crippen LogP contribution in [-0.4, -0.2) is 30.9 Å². The number of rotatable bonds is 12. The van der Waals surface area contributed by atoms with Gasteiger partial charge in [-0.1, -0.05) is 45.4 Å². The molecule has 1 heterocycles. The van der Waals surface area contributed by atoms with Crippen LogP contribution in [0.4, 0.5) is 0 Å². The summed E-state index contributed by atoms with van der Waals surface area (Å²) in [6, 6.07) is -0.193. The third kappa shape index (κ3) is 7.63. The van der Waals surface area contributed by atoms with Crippen LogP contribution in [0.5, 0.6) is 0 Å². The highest BCUT2D eigenvalue weighted by Gasteiger charge is 2.25. The number of hydrogen-bond acceptors (Lipinski definition) is 4. The SMILES string of the molecule is CCCCCCCCCC(=O)CCN[C@H]1CCOC1=O. The van der Waals surface area contributed by atoms with E-state index in [1.165, 1.54) is 32.1 Å². The Balaban J connectivity index is 1.89. The van der Waals surface area contributed by atoms with Crippen molar-refractivity contribution in [3.05, 3.63) is 0 Å². The minimum Gasteiger partial charge on any atom is -0.464 e. The van der Waals surface area contributed by atoms with Crippen LogP contribution in [0.3, 0.4) is 0 Å². The summed E-state index contributed by atoms with van der Waals surface area (Å²) in [5, 5.41) is 3.09. The highest BCUT2D eigenvalue weighted by atomic mass is 16.5. The van der Waals surface area contributed by atoms with Gasteiger partial charge in [0.2, 0.25) is 0 Å².